The Balaban J connectivity index is 3.86. The lowest BCUT2D eigenvalue weighted by Crippen LogP contribution is -2.30. The van der Waals surface area contributed by atoms with Gasteiger partial charge in [0.2, 0.25) is 0 Å². The van der Waals surface area contributed by atoms with E-state index in [2.05, 4.69) is 15.9 Å². The van der Waals surface area contributed by atoms with Gasteiger partial charge in [0.15, 0.2) is 0 Å². The predicted molar refractivity (Wildman–Crippen MR) is 56.8 cm³/mol. The Kier molecular flexibility index (Phi) is 5.56. The van der Waals surface area contributed by atoms with Crippen LogP contribution in [-0.2, 0) is 9.53 Å². The zero-order valence-electron chi connectivity index (χ0n) is 8.47. The zero-order chi connectivity index (χ0) is 10.5. The van der Waals surface area contributed by atoms with Crippen LogP contribution in [0.25, 0.3) is 0 Å². The summed E-state index contributed by atoms with van der Waals surface area (Å²) in [6.45, 7) is 5.74. The van der Waals surface area contributed by atoms with E-state index < -0.39 is 5.60 Å². The molecule has 1 unspecified atom stereocenters. The summed E-state index contributed by atoms with van der Waals surface area (Å²) in [6.07, 6.45) is 1.66. The highest BCUT2D eigenvalue weighted by Gasteiger charge is 2.22. The van der Waals surface area contributed by atoms with E-state index in [1.165, 1.54) is 0 Å². The second kappa shape index (κ2) is 5.60. The topological polar surface area (TPSA) is 52.3 Å². The van der Waals surface area contributed by atoms with Crippen molar-refractivity contribution in [2.24, 2.45) is 5.73 Å². The van der Waals surface area contributed by atoms with E-state index in [0.717, 1.165) is 12.8 Å². The summed E-state index contributed by atoms with van der Waals surface area (Å²) in [5.74, 6) is -0.227. The van der Waals surface area contributed by atoms with E-state index >= 15 is 0 Å². The number of rotatable bonds is 5. The lowest BCUT2D eigenvalue weighted by atomic mass is 10.00. The van der Waals surface area contributed by atoms with Gasteiger partial charge in [0.25, 0.3) is 0 Å². The number of nitrogens with two attached hydrogens (primary N) is 1. The van der Waals surface area contributed by atoms with Gasteiger partial charge in [-0.2, -0.15) is 0 Å². The van der Waals surface area contributed by atoms with E-state index in [9.17, 15) is 4.79 Å². The summed E-state index contributed by atoms with van der Waals surface area (Å²) >= 11 is 3.05. The highest BCUT2D eigenvalue weighted by atomic mass is 79.9. The molecule has 0 fully saturated rings. The molecule has 0 spiro atoms. The summed E-state index contributed by atoms with van der Waals surface area (Å²) < 4.78 is 5.20. The van der Waals surface area contributed by atoms with Gasteiger partial charge >= 0.3 is 5.97 Å². The molecule has 0 aromatic heterocycles. The highest BCUT2D eigenvalue weighted by Crippen LogP contribution is 2.17. The molecule has 78 valence electrons. The summed E-state index contributed by atoms with van der Waals surface area (Å²) in [5.41, 5.74) is 5.21. The quantitative estimate of drug-likeness (QED) is 0.600. The number of hydrogen-bond acceptors (Lipinski definition) is 3. The lowest BCUT2D eigenvalue weighted by molar-refractivity contribution is -0.153. The van der Waals surface area contributed by atoms with Crippen LogP contribution < -0.4 is 5.73 Å². The Labute approximate surface area is 88.1 Å². The third-order valence-corrected chi connectivity index (χ3v) is 2.16. The average Bonchev–Trinajstić information content (AvgIpc) is 2.00. The Hall–Kier alpha value is -0.0900. The largest absolute Gasteiger partial charge is 0.459 e. The van der Waals surface area contributed by atoms with Crippen LogP contribution in [0.15, 0.2) is 0 Å². The summed E-state index contributed by atoms with van der Waals surface area (Å²) in [7, 11) is 0. The minimum Gasteiger partial charge on any atom is -0.459 e. The maximum Gasteiger partial charge on any atom is 0.317 e. The van der Waals surface area contributed by atoms with Crippen molar-refractivity contribution < 1.29 is 9.53 Å². The van der Waals surface area contributed by atoms with E-state index in [-0.39, 0.29) is 17.3 Å². The fourth-order valence-electron chi connectivity index (χ4n) is 0.962. The highest BCUT2D eigenvalue weighted by molar-refractivity contribution is 9.09. The smallest absolute Gasteiger partial charge is 0.317 e. The van der Waals surface area contributed by atoms with Crippen molar-refractivity contribution in [1.29, 1.82) is 0 Å². The van der Waals surface area contributed by atoms with Gasteiger partial charge in [-0.15, -0.1) is 0 Å². The molecule has 13 heavy (non-hydrogen) atoms. The van der Waals surface area contributed by atoms with Gasteiger partial charge in [-0.05, 0) is 33.6 Å². The molecule has 0 saturated carbocycles. The molecule has 0 aromatic carbocycles. The molecular formula is C9H18BrNO2. The first-order valence-corrected chi connectivity index (χ1v) is 5.53. The Morgan fingerprint density at radius 3 is 2.54 bits per heavy atom. The fourth-order valence-corrected chi connectivity index (χ4v) is 1.08. The number of hydrogen-bond donors (Lipinski definition) is 1. The van der Waals surface area contributed by atoms with Crippen LogP contribution in [0.4, 0.5) is 0 Å². The number of ether oxygens (including phenoxy) is 1. The molecule has 2 N–H and O–H groups in total. The molecule has 0 saturated heterocycles. The standard InChI is InChI=1S/C9H18BrNO2/c1-7(11)4-5-9(2,3)13-8(12)6-10/h7H,4-6,11H2,1-3H3. The predicted octanol–water partition coefficient (Wildman–Crippen LogP) is 1.83. The molecule has 0 radical (unpaired) electrons. The molecule has 0 aromatic rings. The van der Waals surface area contributed by atoms with E-state index in [4.69, 9.17) is 10.5 Å². The molecular weight excluding hydrogens is 234 g/mol. The van der Waals surface area contributed by atoms with Crippen molar-refractivity contribution in [1.82, 2.24) is 0 Å². The third kappa shape index (κ3) is 7.02. The SMILES string of the molecule is CC(N)CCC(C)(C)OC(=O)CBr. The van der Waals surface area contributed by atoms with Crippen LogP contribution in [0, 0.1) is 0 Å². The lowest BCUT2D eigenvalue weighted by Gasteiger charge is -2.25. The van der Waals surface area contributed by atoms with Crippen molar-refractivity contribution in [3.8, 4) is 0 Å². The first-order valence-electron chi connectivity index (χ1n) is 4.41. The van der Waals surface area contributed by atoms with Crippen LogP contribution in [0.1, 0.15) is 33.6 Å². The number of halogens is 1. The molecule has 0 amide bonds. The van der Waals surface area contributed by atoms with Gasteiger partial charge in [-0.3, -0.25) is 4.79 Å². The van der Waals surface area contributed by atoms with Crippen LogP contribution in [0.5, 0.6) is 0 Å². The maximum absolute atomic E-state index is 11.0. The van der Waals surface area contributed by atoms with Crippen molar-refractivity contribution in [3.63, 3.8) is 0 Å². The molecule has 0 aliphatic heterocycles. The second-order valence-electron chi connectivity index (χ2n) is 3.88. The van der Waals surface area contributed by atoms with Gasteiger partial charge in [0, 0.05) is 6.04 Å². The molecule has 0 bridgehead atoms. The minimum absolute atomic E-state index is 0.155. The summed E-state index contributed by atoms with van der Waals surface area (Å²) in [4.78, 5) is 11.0. The van der Waals surface area contributed by atoms with Crippen LogP contribution in [-0.4, -0.2) is 22.9 Å². The zero-order valence-corrected chi connectivity index (χ0v) is 10.1. The summed E-state index contributed by atoms with van der Waals surface area (Å²) in [6, 6.07) is 0.155. The molecule has 0 rings (SSSR count). The van der Waals surface area contributed by atoms with Gasteiger partial charge < -0.3 is 10.5 Å². The first kappa shape index (κ1) is 12.9. The van der Waals surface area contributed by atoms with Crippen LogP contribution >= 0.6 is 15.9 Å². The number of carbonyl (C=O) groups excluding carboxylic acids is 1. The van der Waals surface area contributed by atoms with E-state index in [1.807, 2.05) is 20.8 Å². The molecule has 3 nitrogen and oxygen atoms in total. The number of alkyl halides is 1. The van der Waals surface area contributed by atoms with Crippen molar-refractivity contribution >= 4 is 21.9 Å². The summed E-state index contributed by atoms with van der Waals surface area (Å²) in [5, 5.41) is 0.245. The molecule has 0 aliphatic carbocycles. The van der Waals surface area contributed by atoms with Gasteiger partial charge in [0.1, 0.15) is 10.9 Å². The molecule has 0 aliphatic rings. The third-order valence-electron chi connectivity index (χ3n) is 1.70. The van der Waals surface area contributed by atoms with Gasteiger partial charge in [-0.25, -0.2) is 0 Å². The van der Waals surface area contributed by atoms with Crippen molar-refractivity contribution in [2.75, 3.05) is 5.33 Å². The van der Waals surface area contributed by atoms with Crippen LogP contribution in [0.2, 0.25) is 0 Å². The van der Waals surface area contributed by atoms with Crippen molar-refractivity contribution in [2.45, 2.75) is 45.3 Å². The Morgan fingerprint density at radius 1 is 1.62 bits per heavy atom. The normalized spacial score (nSPS) is 13.9. The maximum atomic E-state index is 11.0. The second-order valence-corrected chi connectivity index (χ2v) is 4.44. The van der Waals surface area contributed by atoms with E-state index in [0.29, 0.717) is 0 Å². The fraction of sp³-hybridized carbons (Fsp3) is 0.889. The van der Waals surface area contributed by atoms with Gasteiger partial charge in [0.05, 0.1) is 0 Å². The Bertz CT molecular complexity index is 169. The Morgan fingerprint density at radius 2 is 2.15 bits per heavy atom. The number of esters is 1. The molecule has 4 heteroatoms. The van der Waals surface area contributed by atoms with Gasteiger partial charge in [-0.1, -0.05) is 15.9 Å². The minimum atomic E-state index is -0.404. The molecule has 0 heterocycles. The van der Waals surface area contributed by atoms with Crippen molar-refractivity contribution in [3.05, 3.63) is 0 Å². The molecule has 1 atom stereocenters. The number of carbonyl (C=O) groups is 1. The van der Waals surface area contributed by atoms with E-state index in [1.54, 1.807) is 0 Å². The van der Waals surface area contributed by atoms with Crippen LogP contribution in [0.3, 0.4) is 0 Å². The monoisotopic (exact) mass is 251 g/mol. The first-order chi connectivity index (χ1) is 5.87. The average molecular weight is 252 g/mol.